The zero-order chi connectivity index (χ0) is 9.14. The zero-order valence-corrected chi connectivity index (χ0v) is 7.96. The minimum atomic E-state index is -0.946. The highest BCUT2D eigenvalue weighted by molar-refractivity contribution is 9.10. The quantitative estimate of drug-likeness (QED) is 0.848. The number of carbonyl (C=O) groups is 1. The Morgan fingerprint density at radius 2 is 2.25 bits per heavy atom. The topological polar surface area (TPSA) is 46.5 Å². The molecule has 0 aliphatic rings. The molecule has 0 fully saturated rings. The molecule has 0 unspecified atom stereocenters. The number of aromatic carboxylic acids is 1. The molecule has 1 aromatic rings. The van der Waals surface area contributed by atoms with Crippen molar-refractivity contribution in [3.63, 3.8) is 0 Å². The summed E-state index contributed by atoms with van der Waals surface area (Å²) in [5, 5.41) is 8.61. The Kier molecular flexibility index (Phi) is 2.70. The fraction of sp³-hybridized carbons (Fsp3) is 0.125. The molecule has 0 aromatic heterocycles. The van der Waals surface area contributed by atoms with Crippen LogP contribution in [0.4, 0.5) is 0 Å². The summed E-state index contributed by atoms with van der Waals surface area (Å²) in [6.07, 6.45) is 0. The van der Waals surface area contributed by atoms with Crippen LogP contribution in [0, 0.1) is 0 Å². The first-order valence-corrected chi connectivity index (χ1v) is 4.01. The van der Waals surface area contributed by atoms with E-state index in [1.165, 1.54) is 19.2 Å². The van der Waals surface area contributed by atoms with E-state index in [1.54, 1.807) is 6.07 Å². The van der Waals surface area contributed by atoms with Gasteiger partial charge < -0.3 is 9.84 Å². The fourth-order valence-electron chi connectivity index (χ4n) is 0.799. The van der Waals surface area contributed by atoms with Crippen LogP contribution in [0.2, 0.25) is 0 Å². The maximum Gasteiger partial charge on any atom is 0.335 e. The molecule has 0 radical (unpaired) electrons. The van der Waals surface area contributed by atoms with Crippen molar-refractivity contribution in [2.75, 3.05) is 7.11 Å². The molecule has 1 aromatic carbocycles. The van der Waals surface area contributed by atoms with Gasteiger partial charge in [0.15, 0.2) is 0 Å². The SMILES string of the molecule is COc1ccc(C(=O)O)cc1Br. The molecule has 0 aliphatic carbocycles. The van der Waals surface area contributed by atoms with Crippen LogP contribution in [0.15, 0.2) is 22.7 Å². The van der Waals surface area contributed by atoms with Crippen molar-refractivity contribution in [1.29, 1.82) is 0 Å². The van der Waals surface area contributed by atoms with Crippen LogP contribution in [0.5, 0.6) is 5.75 Å². The van der Waals surface area contributed by atoms with Crippen molar-refractivity contribution in [3.05, 3.63) is 28.2 Å². The minimum Gasteiger partial charge on any atom is -0.496 e. The third-order valence-electron chi connectivity index (χ3n) is 1.40. The molecular formula is C8H7BrO3. The molecule has 12 heavy (non-hydrogen) atoms. The lowest BCUT2D eigenvalue weighted by atomic mass is 10.2. The fourth-order valence-corrected chi connectivity index (χ4v) is 1.34. The number of carboxylic acid groups (broad SMARTS) is 1. The first-order chi connectivity index (χ1) is 5.65. The van der Waals surface area contributed by atoms with Gasteiger partial charge in [-0.2, -0.15) is 0 Å². The molecule has 0 bridgehead atoms. The van der Waals surface area contributed by atoms with Gasteiger partial charge in [-0.25, -0.2) is 4.79 Å². The zero-order valence-electron chi connectivity index (χ0n) is 6.37. The van der Waals surface area contributed by atoms with Gasteiger partial charge in [0.05, 0.1) is 17.1 Å². The summed E-state index contributed by atoms with van der Waals surface area (Å²) in [4.78, 5) is 10.5. The van der Waals surface area contributed by atoms with Gasteiger partial charge in [0.2, 0.25) is 0 Å². The highest BCUT2D eigenvalue weighted by atomic mass is 79.9. The van der Waals surface area contributed by atoms with Crippen LogP contribution in [-0.2, 0) is 0 Å². The summed E-state index contributed by atoms with van der Waals surface area (Å²) in [6.45, 7) is 0. The molecule has 3 nitrogen and oxygen atoms in total. The van der Waals surface area contributed by atoms with Crippen molar-refractivity contribution in [2.24, 2.45) is 0 Å². The first kappa shape index (κ1) is 9.06. The Bertz CT molecular complexity index is 309. The molecular weight excluding hydrogens is 224 g/mol. The van der Waals surface area contributed by atoms with Crippen LogP contribution in [0.1, 0.15) is 10.4 Å². The van der Waals surface area contributed by atoms with Crippen molar-refractivity contribution < 1.29 is 14.6 Å². The number of rotatable bonds is 2. The molecule has 0 amide bonds. The largest absolute Gasteiger partial charge is 0.496 e. The Morgan fingerprint density at radius 1 is 1.58 bits per heavy atom. The smallest absolute Gasteiger partial charge is 0.335 e. The minimum absolute atomic E-state index is 0.239. The summed E-state index contributed by atoms with van der Waals surface area (Å²) in [5.74, 6) is -0.321. The molecule has 0 saturated carbocycles. The van der Waals surface area contributed by atoms with Gasteiger partial charge in [0, 0.05) is 0 Å². The average molecular weight is 231 g/mol. The van der Waals surface area contributed by atoms with Crippen LogP contribution in [0.3, 0.4) is 0 Å². The second-order valence-corrected chi connectivity index (χ2v) is 3.01. The van der Waals surface area contributed by atoms with E-state index in [4.69, 9.17) is 9.84 Å². The lowest BCUT2D eigenvalue weighted by molar-refractivity contribution is 0.0697. The van der Waals surface area contributed by atoms with Crippen molar-refractivity contribution in [1.82, 2.24) is 0 Å². The predicted molar refractivity (Wildman–Crippen MR) is 47.7 cm³/mol. The molecule has 0 spiro atoms. The van der Waals surface area contributed by atoms with Crippen LogP contribution in [-0.4, -0.2) is 18.2 Å². The number of hydrogen-bond acceptors (Lipinski definition) is 2. The van der Waals surface area contributed by atoms with Gasteiger partial charge in [-0.3, -0.25) is 0 Å². The second-order valence-electron chi connectivity index (χ2n) is 2.15. The van der Waals surface area contributed by atoms with E-state index in [9.17, 15) is 4.79 Å². The van der Waals surface area contributed by atoms with E-state index in [0.29, 0.717) is 10.2 Å². The normalized spacial score (nSPS) is 9.50. The summed E-state index contributed by atoms with van der Waals surface area (Å²) in [6, 6.07) is 4.60. The summed E-state index contributed by atoms with van der Waals surface area (Å²) in [7, 11) is 1.53. The van der Waals surface area contributed by atoms with Gasteiger partial charge >= 0.3 is 5.97 Å². The summed E-state index contributed by atoms with van der Waals surface area (Å²) in [5.41, 5.74) is 0.239. The van der Waals surface area contributed by atoms with E-state index >= 15 is 0 Å². The highest BCUT2D eigenvalue weighted by Gasteiger charge is 2.05. The predicted octanol–water partition coefficient (Wildman–Crippen LogP) is 2.16. The lowest BCUT2D eigenvalue weighted by Crippen LogP contribution is -1.96. The first-order valence-electron chi connectivity index (χ1n) is 3.22. The molecule has 1 N–H and O–H groups in total. The van der Waals surface area contributed by atoms with Gasteiger partial charge in [-0.05, 0) is 34.1 Å². The summed E-state index contributed by atoms with van der Waals surface area (Å²) < 4.78 is 5.58. The van der Waals surface area contributed by atoms with E-state index in [-0.39, 0.29) is 5.56 Å². The number of hydrogen-bond donors (Lipinski definition) is 1. The van der Waals surface area contributed by atoms with Crippen molar-refractivity contribution in [3.8, 4) is 5.75 Å². The molecule has 64 valence electrons. The maximum absolute atomic E-state index is 10.5. The van der Waals surface area contributed by atoms with Crippen LogP contribution >= 0.6 is 15.9 Å². The van der Waals surface area contributed by atoms with Gasteiger partial charge in [-0.1, -0.05) is 0 Å². The third-order valence-corrected chi connectivity index (χ3v) is 2.02. The molecule has 0 atom stereocenters. The van der Waals surface area contributed by atoms with Crippen molar-refractivity contribution >= 4 is 21.9 Å². The van der Waals surface area contributed by atoms with E-state index < -0.39 is 5.97 Å². The molecule has 0 saturated heterocycles. The highest BCUT2D eigenvalue weighted by Crippen LogP contribution is 2.25. The second kappa shape index (κ2) is 3.58. The van der Waals surface area contributed by atoms with E-state index in [1.807, 2.05) is 0 Å². The van der Waals surface area contributed by atoms with Gasteiger partial charge in [0.25, 0.3) is 0 Å². The van der Waals surface area contributed by atoms with Crippen molar-refractivity contribution in [2.45, 2.75) is 0 Å². The van der Waals surface area contributed by atoms with E-state index in [0.717, 1.165) is 0 Å². The monoisotopic (exact) mass is 230 g/mol. The number of carboxylic acids is 1. The Labute approximate surface area is 78.1 Å². The maximum atomic E-state index is 10.5. The average Bonchev–Trinajstić information content (AvgIpc) is 2.04. The van der Waals surface area contributed by atoms with E-state index in [2.05, 4.69) is 15.9 Å². The molecule has 4 heteroatoms. The van der Waals surface area contributed by atoms with Crippen LogP contribution in [0.25, 0.3) is 0 Å². The molecule has 0 aliphatic heterocycles. The van der Waals surface area contributed by atoms with Gasteiger partial charge in [0.1, 0.15) is 5.75 Å². The number of methoxy groups -OCH3 is 1. The molecule has 1 rings (SSSR count). The number of ether oxygens (including phenoxy) is 1. The third kappa shape index (κ3) is 1.76. The standard InChI is InChI=1S/C8H7BrO3/c1-12-7-3-2-5(8(10)11)4-6(7)9/h2-4H,1H3,(H,10,11). The lowest BCUT2D eigenvalue weighted by Gasteiger charge is -2.02. The Morgan fingerprint density at radius 3 is 2.67 bits per heavy atom. The Hall–Kier alpha value is -1.03. The van der Waals surface area contributed by atoms with Crippen LogP contribution < -0.4 is 4.74 Å². The summed E-state index contributed by atoms with van der Waals surface area (Å²) >= 11 is 3.19. The Balaban J connectivity index is 3.10. The molecule has 0 heterocycles. The number of halogens is 1. The number of benzene rings is 1. The van der Waals surface area contributed by atoms with Gasteiger partial charge in [-0.15, -0.1) is 0 Å².